The monoisotopic (exact) mass is 950 g/mol. The van der Waals surface area contributed by atoms with Crippen molar-refractivity contribution in [2.24, 2.45) is 5.73 Å². The van der Waals surface area contributed by atoms with Gasteiger partial charge in [0.05, 0.1) is 6.42 Å². The van der Waals surface area contributed by atoms with Crippen LogP contribution in [-0.2, 0) is 48.2 Å². The zero-order valence-electron chi connectivity index (χ0n) is 39.0. The van der Waals surface area contributed by atoms with Crippen LogP contribution >= 0.6 is 0 Å². The highest BCUT2D eigenvalue weighted by Crippen LogP contribution is 2.20. The number of anilines is 1. The highest BCUT2D eigenvalue weighted by molar-refractivity contribution is 5.97. The zero-order chi connectivity index (χ0) is 49.8. The normalized spacial score (nSPS) is 12.5. The van der Waals surface area contributed by atoms with Gasteiger partial charge in [0.15, 0.2) is 0 Å². The van der Waals surface area contributed by atoms with Crippen molar-refractivity contribution in [2.75, 3.05) is 18.9 Å². The van der Waals surface area contributed by atoms with Crippen LogP contribution in [0.3, 0.4) is 0 Å². The molecular formula is C53H58N8O9. The van der Waals surface area contributed by atoms with Crippen molar-refractivity contribution in [1.82, 2.24) is 31.2 Å². The van der Waals surface area contributed by atoms with E-state index in [4.69, 9.17) is 15.2 Å². The quantitative estimate of drug-likeness (QED) is 0.0302. The highest BCUT2D eigenvalue weighted by Gasteiger charge is 2.36. The molecular weight excluding hydrogens is 893 g/mol. The van der Waals surface area contributed by atoms with Gasteiger partial charge in [-0.2, -0.15) is 0 Å². The number of aromatic amines is 1. The van der Waals surface area contributed by atoms with Crippen molar-refractivity contribution in [2.45, 2.75) is 76.2 Å². The van der Waals surface area contributed by atoms with Crippen LogP contribution in [0.2, 0.25) is 0 Å². The third-order valence-corrected chi connectivity index (χ3v) is 11.5. The largest absolute Gasteiger partial charge is 0.461 e. The molecule has 0 aliphatic heterocycles. The average Bonchev–Trinajstić information content (AvgIpc) is 3.77. The Labute approximate surface area is 405 Å². The van der Waals surface area contributed by atoms with Gasteiger partial charge in [0.25, 0.3) is 0 Å². The van der Waals surface area contributed by atoms with E-state index < -0.39 is 72.3 Å². The first-order valence-electron chi connectivity index (χ1n) is 22.9. The number of fused-ring (bicyclic) bond motifs is 1. The van der Waals surface area contributed by atoms with Gasteiger partial charge in [-0.1, -0.05) is 115 Å². The number of nitrogens with one attached hydrogen (secondary N) is 6. The van der Waals surface area contributed by atoms with Crippen LogP contribution in [0, 0.1) is 6.92 Å². The summed E-state index contributed by atoms with van der Waals surface area (Å²) in [4.78, 5) is 100. The van der Waals surface area contributed by atoms with Crippen LogP contribution in [0.4, 0.5) is 15.3 Å². The maximum absolute atomic E-state index is 14.6. The van der Waals surface area contributed by atoms with E-state index in [1.807, 2.05) is 49.4 Å². The first kappa shape index (κ1) is 50.9. The molecule has 0 aliphatic rings. The van der Waals surface area contributed by atoms with E-state index in [0.717, 1.165) is 21.4 Å². The molecule has 17 heteroatoms. The summed E-state index contributed by atoms with van der Waals surface area (Å²) in [6, 6.07) is 35.0. The Morgan fingerprint density at radius 2 is 1.29 bits per heavy atom. The molecule has 0 unspecified atom stereocenters. The molecule has 1 heterocycles. The molecule has 0 bridgehead atoms. The van der Waals surface area contributed by atoms with Crippen LogP contribution in [0.25, 0.3) is 10.9 Å². The molecule has 0 fully saturated rings. The number of carbonyl (C=O) groups excluding carboxylic acids is 7. The van der Waals surface area contributed by atoms with Gasteiger partial charge >= 0.3 is 18.1 Å². The molecule has 8 N–H and O–H groups in total. The number of primary amides is 1. The van der Waals surface area contributed by atoms with E-state index >= 15 is 0 Å². The molecule has 6 aromatic rings. The Hall–Kier alpha value is -8.47. The fourth-order valence-electron chi connectivity index (χ4n) is 7.69. The molecule has 5 aromatic carbocycles. The SMILES string of the molecule is Cc1ccccc1NC(=O)NCCCC[C@H](NC(=O)[C@H](Cc1c[nH]c2ccccc12)NC(=O)Oc1ccccc1)C(=O)N[C@@H](CC(=O)OCc1ccccc1)C(=O)N(C)[C@@H](Cc1ccccc1)C(N)=O. The number of urea groups is 1. The van der Waals surface area contributed by atoms with Crippen molar-refractivity contribution in [3.05, 3.63) is 168 Å². The molecule has 364 valence electrons. The smallest absolute Gasteiger partial charge is 0.413 e. The number of H-pyrrole nitrogens is 1. The average molecular weight is 951 g/mol. The number of aromatic nitrogens is 1. The number of hydrogen-bond donors (Lipinski definition) is 7. The molecule has 7 amide bonds. The molecule has 4 atom stereocenters. The Morgan fingerprint density at radius 1 is 0.671 bits per heavy atom. The number of amides is 7. The van der Waals surface area contributed by atoms with Crippen molar-refractivity contribution in [3.8, 4) is 5.75 Å². The molecule has 6 rings (SSSR count). The van der Waals surface area contributed by atoms with Crippen LogP contribution in [0.1, 0.15) is 47.9 Å². The van der Waals surface area contributed by atoms with Gasteiger partial charge < -0.3 is 51.7 Å². The van der Waals surface area contributed by atoms with Gasteiger partial charge in [0.1, 0.15) is 36.5 Å². The van der Waals surface area contributed by atoms with Gasteiger partial charge in [-0.15, -0.1) is 0 Å². The summed E-state index contributed by atoms with van der Waals surface area (Å²) in [7, 11) is 1.35. The van der Waals surface area contributed by atoms with E-state index in [-0.39, 0.29) is 44.6 Å². The van der Waals surface area contributed by atoms with Crippen molar-refractivity contribution in [1.29, 1.82) is 0 Å². The molecule has 0 aliphatic carbocycles. The number of carbonyl (C=O) groups is 7. The maximum Gasteiger partial charge on any atom is 0.413 e. The lowest BCUT2D eigenvalue weighted by atomic mass is 10.0. The number of nitrogens with two attached hydrogens (primary N) is 1. The lowest BCUT2D eigenvalue weighted by Gasteiger charge is -2.31. The number of nitrogens with zero attached hydrogens (tertiary/aromatic N) is 1. The number of benzene rings is 5. The summed E-state index contributed by atoms with van der Waals surface area (Å²) in [5, 5.41) is 14.5. The summed E-state index contributed by atoms with van der Waals surface area (Å²) in [5.41, 5.74) is 10.2. The Kier molecular flexibility index (Phi) is 18.6. The molecule has 0 radical (unpaired) electrons. The van der Waals surface area contributed by atoms with E-state index in [0.29, 0.717) is 28.8 Å². The van der Waals surface area contributed by atoms with Crippen molar-refractivity contribution in [3.63, 3.8) is 0 Å². The van der Waals surface area contributed by atoms with E-state index in [1.165, 1.54) is 7.05 Å². The van der Waals surface area contributed by atoms with E-state index in [1.54, 1.807) is 103 Å². The number of aryl methyl sites for hydroxylation is 1. The van der Waals surface area contributed by atoms with Gasteiger partial charge in [-0.3, -0.25) is 24.0 Å². The molecule has 0 saturated carbocycles. The topological polar surface area (TPSA) is 243 Å². The minimum absolute atomic E-state index is 0.0138. The minimum Gasteiger partial charge on any atom is -0.461 e. The first-order valence-corrected chi connectivity index (χ1v) is 22.9. The Balaban J connectivity index is 1.24. The molecule has 0 saturated heterocycles. The second-order valence-corrected chi connectivity index (χ2v) is 16.7. The predicted octanol–water partition coefficient (Wildman–Crippen LogP) is 5.83. The summed E-state index contributed by atoms with van der Waals surface area (Å²) in [6.45, 7) is 1.95. The maximum atomic E-state index is 14.6. The third kappa shape index (κ3) is 15.3. The summed E-state index contributed by atoms with van der Waals surface area (Å²) >= 11 is 0. The number of unbranched alkanes of at least 4 members (excludes halogenated alkanes) is 1. The van der Waals surface area contributed by atoms with Gasteiger partial charge in [-0.05, 0) is 72.7 Å². The number of esters is 1. The number of hydrogen-bond acceptors (Lipinski definition) is 9. The van der Waals surface area contributed by atoms with Crippen molar-refractivity contribution < 1.29 is 43.0 Å². The second kappa shape index (κ2) is 25.6. The number of para-hydroxylation sites is 3. The lowest BCUT2D eigenvalue weighted by molar-refractivity contribution is -0.150. The lowest BCUT2D eigenvalue weighted by Crippen LogP contribution is -2.59. The minimum atomic E-state index is -1.59. The second-order valence-electron chi connectivity index (χ2n) is 16.7. The fraction of sp³-hybridized carbons (Fsp3) is 0.264. The molecule has 1 aromatic heterocycles. The number of likely N-dealkylation sites (N-methyl/N-ethyl adjacent to an activating group) is 1. The standard InChI is InChI=1S/C53H58N8O9/c1-35-18-12-14-26-41(35)59-52(67)55-29-17-16-28-43(57-50(65)44(60-53(68)70-39-23-10-5-11-24-39)31-38-33-56-42-27-15-13-25-40(38)42)49(64)58-45(32-47(62)69-34-37-21-8-4-9-22-37)51(66)61(2)46(48(54)63)30-36-19-6-3-7-20-36/h3-15,18-27,33,43-46,56H,16-17,28-32,34H2,1-2H3,(H2,54,63)(H,57,65)(H,58,64)(H,60,68)(H2,55,59,67)/t43-,44-,45-,46-/m0/s1. The van der Waals surface area contributed by atoms with Crippen LogP contribution in [-0.4, -0.2) is 89.4 Å². The van der Waals surface area contributed by atoms with Gasteiger partial charge in [0.2, 0.25) is 23.6 Å². The van der Waals surface area contributed by atoms with Crippen molar-refractivity contribution >= 4 is 58.3 Å². The van der Waals surface area contributed by atoms with Gasteiger partial charge in [0, 0.05) is 49.2 Å². The third-order valence-electron chi connectivity index (χ3n) is 11.5. The molecule has 70 heavy (non-hydrogen) atoms. The summed E-state index contributed by atoms with van der Waals surface area (Å²) < 4.78 is 11.0. The molecule has 0 spiro atoms. The van der Waals surface area contributed by atoms with E-state index in [2.05, 4.69) is 31.6 Å². The van der Waals surface area contributed by atoms with Crippen LogP contribution < -0.4 is 37.1 Å². The number of rotatable bonds is 23. The summed E-state index contributed by atoms with van der Waals surface area (Å²) in [5.74, 6) is -3.84. The molecule has 17 nitrogen and oxygen atoms in total. The highest BCUT2D eigenvalue weighted by atomic mass is 16.6. The number of ether oxygens (including phenoxy) is 2. The van der Waals surface area contributed by atoms with Gasteiger partial charge in [-0.25, -0.2) is 9.59 Å². The fourth-order valence-corrected chi connectivity index (χ4v) is 7.69. The van der Waals surface area contributed by atoms with Crippen LogP contribution in [0.15, 0.2) is 146 Å². The predicted molar refractivity (Wildman–Crippen MR) is 264 cm³/mol. The Morgan fingerprint density at radius 3 is 1.99 bits per heavy atom. The first-order chi connectivity index (χ1) is 33.8. The van der Waals surface area contributed by atoms with Crippen LogP contribution in [0.5, 0.6) is 5.75 Å². The summed E-state index contributed by atoms with van der Waals surface area (Å²) in [6.07, 6.45) is 0.797. The Bertz CT molecular complexity index is 2720. The zero-order valence-corrected chi connectivity index (χ0v) is 39.0. The van der Waals surface area contributed by atoms with E-state index in [9.17, 15) is 33.6 Å².